The van der Waals surface area contributed by atoms with Gasteiger partial charge in [-0.05, 0) is 12.5 Å². The van der Waals surface area contributed by atoms with E-state index in [1.165, 1.54) is 29.7 Å². The number of hydrogen-bond acceptors (Lipinski definition) is 7. The predicted octanol–water partition coefficient (Wildman–Crippen LogP) is 1.48. The summed E-state index contributed by atoms with van der Waals surface area (Å²) in [5.41, 5.74) is 0.237. The van der Waals surface area contributed by atoms with E-state index in [0.717, 1.165) is 0 Å². The molecular formula is C13H14F2N4O4S. The molecule has 1 saturated heterocycles. The molecule has 11 heteroatoms. The molecule has 3 rings (SSSR count). The number of sulfonamides is 1. The Labute approximate surface area is 136 Å². The number of aromatic nitrogens is 3. The zero-order valence-corrected chi connectivity index (χ0v) is 13.4. The first-order valence-corrected chi connectivity index (χ1v) is 8.54. The maximum atomic E-state index is 12.2. The van der Waals surface area contributed by atoms with Gasteiger partial charge in [0.15, 0.2) is 5.25 Å². The first-order chi connectivity index (χ1) is 11.4. The Morgan fingerprint density at radius 3 is 2.96 bits per heavy atom. The number of hydrogen-bond donors (Lipinski definition) is 0. The lowest BCUT2D eigenvalue weighted by molar-refractivity contribution is 0.0819. The Bertz CT molecular complexity index is 827. The van der Waals surface area contributed by atoms with Crippen LogP contribution in [0.1, 0.15) is 17.6 Å². The van der Waals surface area contributed by atoms with Crippen LogP contribution in [0.25, 0.3) is 11.5 Å². The van der Waals surface area contributed by atoms with Crippen LogP contribution in [0.2, 0.25) is 0 Å². The molecule has 130 valence electrons. The van der Waals surface area contributed by atoms with Crippen LogP contribution in [0, 0.1) is 0 Å². The first kappa shape index (κ1) is 16.7. The van der Waals surface area contributed by atoms with Gasteiger partial charge in [-0.3, -0.25) is 4.98 Å². The third kappa shape index (κ3) is 3.22. The second-order valence-electron chi connectivity index (χ2n) is 5.18. The van der Waals surface area contributed by atoms with E-state index in [0.29, 0.717) is 13.0 Å². The number of halogens is 2. The maximum absolute atomic E-state index is 12.2. The molecule has 24 heavy (non-hydrogen) atoms. The van der Waals surface area contributed by atoms with Gasteiger partial charge in [0.2, 0.25) is 21.7 Å². The summed E-state index contributed by atoms with van der Waals surface area (Å²) in [6.45, 7) is -0.368. The van der Waals surface area contributed by atoms with E-state index in [4.69, 9.17) is 9.26 Å². The van der Waals surface area contributed by atoms with Gasteiger partial charge in [-0.25, -0.2) is 21.5 Å². The van der Waals surface area contributed by atoms with Crippen LogP contribution in [0.3, 0.4) is 0 Å². The quantitative estimate of drug-likeness (QED) is 0.796. The van der Waals surface area contributed by atoms with Crippen molar-refractivity contribution in [1.82, 2.24) is 19.4 Å². The van der Waals surface area contributed by atoms with Crippen LogP contribution >= 0.6 is 0 Å². The highest BCUT2D eigenvalue weighted by atomic mass is 32.2. The Hall–Kier alpha value is -2.14. The molecule has 1 atom stereocenters. The molecule has 0 amide bonds. The van der Waals surface area contributed by atoms with Crippen LogP contribution in [0.5, 0.6) is 5.75 Å². The zero-order valence-electron chi connectivity index (χ0n) is 12.6. The van der Waals surface area contributed by atoms with E-state index in [1.807, 2.05) is 0 Å². The molecule has 1 unspecified atom stereocenters. The number of pyridine rings is 1. The van der Waals surface area contributed by atoms with Gasteiger partial charge in [0.1, 0.15) is 18.1 Å². The molecule has 1 aliphatic heterocycles. The van der Waals surface area contributed by atoms with Gasteiger partial charge in [-0.2, -0.15) is 4.98 Å². The highest BCUT2D eigenvalue weighted by molar-refractivity contribution is 7.89. The third-order valence-corrected chi connectivity index (χ3v) is 5.76. The fourth-order valence-corrected chi connectivity index (χ4v) is 3.84. The van der Waals surface area contributed by atoms with Crippen molar-refractivity contribution in [2.45, 2.75) is 18.1 Å². The van der Waals surface area contributed by atoms with Crippen molar-refractivity contribution in [1.29, 1.82) is 0 Å². The second-order valence-corrected chi connectivity index (χ2v) is 7.40. The van der Waals surface area contributed by atoms with Crippen molar-refractivity contribution in [3.05, 3.63) is 24.2 Å². The van der Waals surface area contributed by atoms with Gasteiger partial charge >= 0.3 is 0 Å². The lowest BCUT2D eigenvalue weighted by atomic mass is 10.3. The molecule has 0 bridgehead atoms. The second kappa shape index (κ2) is 6.40. The van der Waals surface area contributed by atoms with Crippen molar-refractivity contribution in [3.63, 3.8) is 0 Å². The van der Waals surface area contributed by atoms with Gasteiger partial charge in [0.05, 0.1) is 0 Å². The summed E-state index contributed by atoms with van der Waals surface area (Å²) in [5.74, 6) is 0.229. The molecule has 0 aromatic carbocycles. The van der Waals surface area contributed by atoms with E-state index < -0.39 is 28.3 Å². The largest absolute Gasteiger partial charge is 0.488 e. The molecule has 0 N–H and O–H groups in total. The van der Waals surface area contributed by atoms with Gasteiger partial charge in [-0.1, -0.05) is 5.16 Å². The summed E-state index contributed by atoms with van der Waals surface area (Å²) < 4.78 is 59.8. The fourth-order valence-electron chi connectivity index (χ4n) is 2.30. The van der Waals surface area contributed by atoms with Gasteiger partial charge in [-0.15, -0.1) is 0 Å². The Morgan fingerprint density at radius 1 is 1.50 bits per heavy atom. The zero-order chi connectivity index (χ0) is 17.3. The average Bonchev–Trinajstić information content (AvgIpc) is 3.11. The summed E-state index contributed by atoms with van der Waals surface area (Å²) in [4.78, 5) is 8.09. The first-order valence-electron chi connectivity index (χ1n) is 7.04. The predicted molar refractivity (Wildman–Crippen MR) is 77.9 cm³/mol. The summed E-state index contributed by atoms with van der Waals surface area (Å²) in [6.07, 6.45) is -0.888. The minimum atomic E-state index is -3.51. The average molecular weight is 360 g/mol. The fraction of sp³-hybridized carbons (Fsp3) is 0.462. The molecule has 8 nitrogen and oxygen atoms in total. The minimum Gasteiger partial charge on any atom is -0.488 e. The standard InChI is InChI=1S/C13H14F2N4O4S/c1-19-5-3-10(24(19,20)21)13-17-12(18-23-13)9-6-8(2-4-16-9)22-7-11(14)15/h2,4,6,10-11H,3,5,7H2,1H3. The summed E-state index contributed by atoms with van der Waals surface area (Å²) in [5, 5.41) is 2.84. The molecule has 0 spiro atoms. The Kier molecular flexibility index (Phi) is 4.45. The molecular weight excluding hydrogens is 346 g/mol. The summed E-state index contributed by atoms with van der Waals surface area (Å²) >= 11 is 0. The molecule has 1 aliphatic rings. The molecule has 0 radical (unpaired) electrons. The SMILES string of the molecule is CN1CCC(c2nc(-c3cc(OCC(F)F)ccn3)no2)S1(=O)=O. The Balaban J connectivity index is 1.82. The van der Waals surface area contributed by atoms with Crippen molar-refractivity contribution >= 4 is 10.0 Å². The molecule has 2 aromatic heterocycles. The smallest absolute Gasteiger partial charge is 0.272 e. The lowest BCUT2D eigenvalue weighted by Crippen LogP contribution is -2.22. The van der Waals surface area contributed by atoms with E-state index >= 15 is 0 Å². The summed E-state index contributed by atoms with van der Waals surface area (Å²) in [6, 6.07) is 2.80. The van der Waals surface area contributed by atoms with E-state index in [9.17, 15) is 17.2 Å². The normalized spacial score (nSPS) is 20.6. The van der Waals surface area contributed by atoms with Crippen LogP contribution in [0.4, 0.5) is 8.78 Å². The molecule has 2 aromatic rings. The number of nitrogens with zero attached hydrogens (tertiary/aromatic N) is 4. The van der Waals surface area contributed by atoms with E-state index in [1.54, 1.807) is 0 Å². The van der Waals surface area contributed by atoms with Gasteiger partial charge in [0.25, 0.3) is 6.43 Å². The number of rotatable bonds is 5. The van der Waals surface area contributed by atoms with Crippen molar-refractivity contribution in [2.24, 2.45) is 0 Å². The number of ether oxygens (including phenoxy) is 1. The third-order valence-electron chi connectivity index (χ3n) is 3.55. The van der Waals surface area contributed by atoms with Crippen molar-refractivity contribution in [2.75, 3.05) is 20.2 Å². The topological polar surface area (TPSA) is 98.4 Å². The van der Waals surface area contributed by atoms with Gasteiger partial charge < -0.3 is 9.26 Å². The van der Waals surface area contributed by atoms with Gasteiger partial charge in [0, 0.05) is 25.9 Å². The molecule has 3 heterocycles. The highest BCUT2D eigenvalue weighted by Crippen LogP contribution is 2.34. The Morgan fingerprint density at radius 2 is 2.29 bits per heavy atom. The molecule has 1 fully saturated rings. The molecule has 0 saturated carbocycles. The van der Waals surface area contributed by atoms with Crippen LogP contribution < -0.4 is 4.74 Å². The van der Waals surface area contributed by atoms with E-state index in [-0.39, 0.29) is 23.2 Å². The minimum absolute atomic E-state index is 0.0185. The monoisotopic (exact) mass is 360 g/mol. The van der Waals surface area contributed by atoms with Crippen LogP contribution in [-0.2, 0) is 10.0 Å². The van der Waals surface area contributed by atoms with E-state index in [2.05, 4.69) is 15.1 Å². The van der Waals surface area contributed by atoms with Crippen molar-refractivity contribution in [3.8, 4) is 17.3 Å². The van der Waals surface area contributed by atoms with Crippen molar-refractivity contribution < 1.29 is 26.5 Å². The maximum Gasteiger partial charge on any atom is 0.272 e. The summed E-state index contributed by atoms with van der Waals surface area (Å²) in [7, 11) is -2.02. The van der Waals surface area contributed by atoms with Crippen LogP contribution in [-0.4, -0.2) is 54.5 Å². The molecule has 0 aliphatic carbocycles. The lowest BCUT2D eigenvalue weighted by Gasteiger charge is -2.08. The highest BCUT2D eigenvalue weighted by Gasteiger charge is 2.41. The number of alkyl halides is 2. The van der Waals surface area contributed by atoms with Crippen LogP contribution in [0.15, 0.2) is 22.9 Å².